The fraction of sp³-hybridized carbons (Fsp3) is 0.0952. The van der Waals surface area contributed by atoms with Crippen molar-refractivity contribution in [2.45, 2.75) is 13.8 Å². The van der Waals surface area contributed by atoms with Crippen LogP contribution in [0.25, 0.3) is 0 Å². The number of rotatable bonds is 6. The first-order chi connectivity index (χ1) is 12.8. The lowest BCUT2D eigenvalue weighted by molar-refractivity contribution is -0.113. The Labute approximate surface area is 157 Å². The molecular weight excluding hydrogens is 344 g/mol. The molecule has 2 amide bonds. The van der Waals surface area contributed by atoms with Gasteiger partial charge >= 0.3 is 5.97 Å². The maximum absolute atomic E-state index is 12.2. The summed E-state index contributed by atoms with van der Waals surface area (Å²) in [6.07, 6.45) is 0. The summed E-state index contributed by atoms with van der Waals surface area (Å²) in [4.78, 5) is 35.3. The summed E-state index contributed by atoms with van der Waals surface area (Å²) < 4.78 is 5.30. The second-order valence-electron chi connectivity index (χ2n) is 5.96. The molecule has 6 nitrogen and oxygen atoms in total. The van der Waals surface area contributed by atoms with Crippen LogP contribution in [0.2, 0.25) is 0 Å². The SMILES string of the molecule is C=C(C)C(=O)Nc1ccc(OC(=O)c2ccc(NC(=O)C(=C)C)cc2)cc1. The normalized spacial score (nSPS) is 9.85. The van der Waals surface area contributed by atoms with Crippen LogP contribution in [0.4, 0.5) is 11.4 Å². The van der Waals surface area contributed by atoms with Crippen LogP contribution in [0.1, 0.15) is 24.2 Å². The molecule has 6 heteroatoms. The van der Waals surface area contributed by atoms with Gasteiger partial charge in [0, 0.05) is 22.5 Å². The van der Waals surface area contributed by atoms with Crippen molar-refractivity contribution in [2.75, 3.05) is 10.6 Å². The molecule has 2 N–H and O–H groups in total. The minimum absolute atomic E-state index is 0.279. The number of benzene rings is 2. The number of amides is 2. The zero-order valence-corrected chi connectivity index (χ0v) is 15.2. The van der Waals surface area contributed by atoms with Gasteiger partial charge in [-0.25, -0.2) is 4.79 Å². The van der Waals surface area contributed by atoms with Gasteiger partial charge in [-0.1, -0.05) is 13.2 Å². The molecule has 0 bridgehead atoms. The third-order valence-electron chi connectivity index (χ3n) is 3.48. The zero-order valence-electron chi connectivity index (χ0n) is 15.2. The molecule has 0 aliphatic carbocycles. The molecule has 2 rings (SSSR count). The van der Waals surface area contributed by atoms with Crippen LogP contribution in [0.5, 0.6) is 5.75 Å². The Hall–Kier alpha value is -3.67. The molecule has 0 unspecified atom stereocenters. The van der Waals surface area contributed by atoms with Gasteiger partial charge in [0.2, 0.25) is 0 Å². The van der Waals surface area contributed by atoms with Crippen LogP contribution in [-0.4, -0.2) is 17.8 Å². The topological polar surface area (TPSA) is 84.5 Å². The predicted molar refractivity (Wildman–Crippen MR) is 105 cm³/mol. The van der Waals surface area contributed by atoms with Gasteiger partial charge in [0.15, 0.2) is 0 Å². The van der Waals surface area contributed by atoms with Gasteiger partial charge in [0.1, 0.15) is 5.75 Å². The summed E-state index contributed by atoms with van der Waals surface area (Å²) in [5, 5.41) is 5.32. The van der Waals surface area contributed by atoms with E-state index in [1.807, 2.05) is 0 Å². The largest absolute Gasteiger partial charge is 0.423 e. The molecule has 0 fully saturated rings. The molecule has 2 aromatic rings. The van der Waals surface area contributed by atoms with Crippen molar-refractivity contribution < 1.29 is 19.1 Å². The molecule has 0 aromatic heterocycles. The molecule has 138 valence electrons. The zero-order chi connectivity index (χ0) is 20.0. The van der Waals surface area contributed by atoms with Crippen molar-refractivity contribution in [3.05, 3.63) is 78.4 Å². The van der Waals surface area contributed by atoms with Gasteiger partial charge in [-0.2, -0.15) is 0 Å². The lowest BCUT2D eigenvalue weighted by atomic mass is 10.2. The number of esters is 1. The second-order valence-corrected chi connectivity index (χ2v) is 5.96. The van der Waals surface area contributed by atoms with E-state index in [9.17, 15) is 14.4 Å². The van der Waals surface area contributed by atoms with E-state index in [1.165, 1.54) is 0 Å². The second kappa shape index (κ2) is 8.62. The van der Waals surface area contributed by atoms with E-state index in [-0.39, 0.29) is 11.8 Å². The summed E-state index contributed by atoms with van der Waals surface area (Å²) in [6.45, 7) is 10.3. The van der Waals surface area contributed by atoms with Crippen LogP contribution in [0.15, 0.2) is 72.8 Å². The average molecular weight is 364 g/mol. The first-order valence-corrected chi connectivity index (χ1v) is 8.12. The summed E-state index contributed by atoms with van der Waals surface area (Å²) >= 11 is 0. The number of carbonyl (C=O) groups excluding carboxylic acids is 3. The smallest absolute Gasteiger partial charge is 0.343 e. The lowest BCUT2D eigenvalue weighted by Crippen LogP contribution is -2.13. The standard InChI is InChI=1S/C21H20N2O4/c1-13(2)19(24)22-16-7-5-15(6-8-16)21(26)27-18-11-9-17(10-12-18)23-20(25)14(3)4/h5-12H,1,3H2,2,4H3,(H,22,24)(H,23,25). The molecule has 27 heavy (non-hydrogen) atoms. The Morgan fingerprint density at radius 3 is 1.56 bits per heavy atom. The third kappa shape index (κ3) is 5.67. The molecule has 0 saturated carbocycles. The van der Waals surface area contributed by atoms with Gasteiger partial charge in [-0.3, -0.25) is 9.59 Å². The Balaban J connectivity index is 1.98. The maximum atomic E-state index is 12.2. The fourth-order valence-electron chi connectivity index (χ4n) is 1.94. The minimum Gasteiger partial charge on any atom is -0.423 e. The van der Waals surface area contributed by atoms with Crippen LogP contribution in [0, 0.1) is 0 Å². The van der Waals surface area contributed by atoms with E-state index >= 15 is 0 Å². The van der Waals surface area contributed by atoms with Crippen LogP contribution in [0.3, 0.4) is 0 Å². The predicted octanol–water partition coefficient (Wildman–Crippen LogP) is 3.94. The number of hydrogen-bond acceptors (Lipinski definition) is 4. The Kier molecular flexibility index (Phi) is 6.27. The molecule has 0 aliphatic heterocycles. The van der Waals surface area contributed by atoms with Gasteiger partial charge in [-0.15, -0.1) is 0 Å². The first kappa shape index (κ1) is 19.7. The van der Waals surface area contributed by atoms with Crippen LogP contribution in [-0.2, 0) is 9.59 Å². The number of carbonyl (C=O) groups is 3. The molecule has 0 radical (unpaired) electrons. The maximum Gasteiger partial charge on any atom is 0.343 e. The summed E-state index contributed by atoms with van der Waals surface area (Å²) in [7, 11) is 0. The average Bonchev–Trinajstić information content (AvgIpc) is 2.63. The molecule has 2 aromatic carbocycles. The Bertz CT molecular complexity index is 897. The lowest BCUT2D eigenvalue weighted by Gasteiger charge is -2.08. The van der Waals surface area contributed by atoms with E-state index in [1.54, 1.807) is 62.4 Å². The highest BCUT2D eigenvalue weighted by Crippen LogP contribution is 2.18. The minimum atomic E-state index is -0.536. The van der Waals surface area contributed by atoms with E-state index in [0.29, 0.717) is 33.8 Å². The van der Waals surface area contributed by atoms with Gasteiger partial charge in [0.25, 0.3) is 11.8 Å². The molecule has 0 atom stereocenters. The summed E-state index contributed by atoms with van der Waals surface area (Å²) in [5.41, 5.74) is 2.25. The number of hydrogen-bond donors (Lipinski definition) is 2. The molecule has 0 saturated heterocycles. The molecule has 0 spiro atoms. The number of anilines is 2. The molecule has 0 aliphatic rings. The third-order valence-corrected chi connectivity index (χ3v) is 3.48. The Morgan fingerprint density at radius 1 is 0.741 bits per heavy atom. The summed E-state index contributed by atoms with van der Waals surface area (Å²) in [6, 6.07) is 12.7. The van der Waals surface area contributed by atoms with Crippen molar-refractivity contribution in [3.63, 3.8) is 0 Å². The van der Waals surface area contributed by atoms with E-state index in [4.69, 9.17) is 4.74 Å². The van der Waals surface area contributed by atoms with Crippen molar-refractivity contribution >= 4 is 29.2 Å². The van der Waals surface area contributed by atoms with Gasteiger partial charge in [-0.05, 0) is 62.4 Å². The van der Waals surface area contributed by atoms with Crippen molar-refractivity contribution in [2.24, 2.45) is 0 Å². The van der Waals surface area contributed by atoms with Crippen LogP contribution >= 0.6 is 0 Å². The quantitative estimate of drug-likeness (QED) is 0.462. The first-order valence-electron chi connectivity index (χ1n) is 8.12. The highest BCUT2D eigenvalue weighted by Gasteiger charge is 2.10. The van der Waals surface area contributed by atoms with E-state index < -0.39 is 5.97 Å². The highest BCUT2D eigenvalue weighted by molar-refractivity contribution is 6.03. The fourth-order valence-corrected chi connectivity index (χ4v) is 1.94. The van der Waals surface area contributed by atoms with Gasteiger partial charge in [0.05, 0.1) is 5.56 Å². The van der Waals surface area contributed by atoms with Crippen molar-refractivity contribution in [1.29, 1.82) is 0 Å². The van der Waals surface area contributed by atoms with Crippen molar-refractivity contribution in [3.8, 4) is 5.75 Å². The summed E-state index contributed by atoms with van der Waals surface area (Å²) in [5.74, 6) is -0.762. The van der Waals surface area contributed by atoms with E-state index in [0.717, 1.165) is 0 Å². The molecular formula is C21H20N2O4. The van der Waals surface area contributed by atoms with E-state index in [2.05, 4.69) is 23.8 Å². The number of ether oxygens (including phenoxy) is 1. The Morgan fingerprint density at radius 2 is 1.15 bits per heavy atom. The van der Waals surface area contributed by atoms with Crippen molar-refractivity contribution in [1.82, 2.24) is 0 Å². The van der Waals surface area contributed by atoms with Gasteiger partial charge < -0.3 is 15.4 Å². The monoisotopic (exact) mass is 364 g/mol. The highest BCUT2D eigenvalue weighted by atomic mass is 16.5. The number of nitrogens with one attached hydrogen (secondary N) is 2. The molecule has 0 heterocycles. The van der Waals surface area contributed by atoms with Crippen LogP contribution < -0.4 is 15.4 Å².